The lowest BCUT2D eigenvalue weighted by Crippen LogP contribution is -2.21. The number of aromatic nitrogens is 2. The molecule has 1 N–H and O–H groups in total. The van der Waals surface area contributed by atoms with Crippen LogP contribution in [0.15, 0.2) is 41.2 Å². The Kier molecular flexibility index (Phi) is 3.22. The molecule has 0 radical (unpaired) electrons. The zero-order valence-corrected chi connectivity index (χ0v) is 12.4. The van der Waals surface area contributed by atoms with Crippen LogP contribution in [0.3, 0.4) is 0 Å². The van der Waals surface area contributed by atoms with Crippen LogP contribution in [0, 0.1) is 24.4 Å². The van der Waals surface area contributed by atoms with E-state index in [2.05, 4.69) is 4.98 Å². The van der Waals surface area contributed by atoms with Gasteiger partial charge in [0.25, 0.3) is 5.56 Å². The molecule has 2 aromatic carbocycles. The predicted octanol–water partition coefficient (Wildman–Crippen LogP) is 3.80. The fourth-order valence-electron chi connectivity index (χ4n) is 2.32. The molecule has 0 spiro atoms. The first-order chi connectivity index (χ1) is 9.99. The van der Waals surface area contributed by atoms with Gasteiger partial charge in [0.1, 0.15) is 5.82 Å². The first-order valence-electron chi connectivity index (χ1n) is 6.50. The normalized spacial score (nSPS) is 11.0. The van der Waals surface area contributed by atoms with E-state index in [1.807, 2.05) is 26.0 Å². The summed E-state index contributed by atoms with van der Waals surface area (Å²) < 4.78 is 15.5. The second-order valence-electron chi connectivity index (χ2n) is 5.00. The summed E-state index contributed by atoms with van der Waals surface area (Å²) in [5.74, 6) is -0.554. The quantitative estimate of drug-likeness (QED) is 0.694. The average Bonchev–Trinajstić information content (AvgIpc) is 2.42. The van der Waals surface area contributed by atoms with Gasteiger partial charge in [0, 0.05) is 0 Å². The second-order valence-corrected chi connectivity index (χ2v) is 5.39. The molecule has 0 saturated carbocycles. The highest BCUT2D eigenvalue weighted by molar-refractivity contribution is 7.71. The Morgan fingerprint density at radius 2 is 1.90 bits per heavy atom. The van der Waals surface area contributed by atoms with Gasteiger partial charge < -0.3 is 4.98 Å². The molecule has 0 aliphatic heterocycles. The Morgan fingerprint density at radius 1 is 1.14 bits per heavy atom. The predicted molar refractivity (Wildman–Crippen MR) is 84.2 cm³/mol. The highest BCUT2D eigenvalue weighted by Gasteiger charge is 2.11. The molecule has 106 valence electrons. The molecule has 0 fully saturated rings. The van der Waals surface area contributed by atoms with E-state index in [-0.39, 0.29) is 10.2 Å². The van der Waals surface area contributed by atoms with Gasteiger partial charge in [-0.15, -0.1) is 0 Å². The fraction of sp³-hybridized carbons (Fsp3) is 0.125. The lowest BCUT2D eigenvalue weighted by molar-refractivity contribution is 0.637. The Bertz CT molecular complexity index is 972. The zero-order valence-electron chi connectivity index (χ0n) is 11.6. The molecule has 0 aliphatic rings. The van der Waals surface area contributed by atoms with Gasteiger partial charge in [-0.3, -0.25) is 9.36 Å². The van der Waals surface area contributed by atoms with E-state index in [9.17, 15) is 9.18 Å². The Hall–Kier alpha value is -2.27. The van der Waals surface area contributed by atoms with Gasteiger partial charge in [-0.25, -0.2) is 4.39 Å². The van der Waals surface area contributed by atoms with Gasteiger partial charge in [-0.05, 0) is 61.5 Å². The van der Waals surface area contributed by atoms with Crippen molar-refractivity contribution in [2.45, 2.75) is 13.8 Å². The third kappa shape index (κ3) is 2.19. The van der Waals surface area contributed by atoms with Crippen LogP contribution < -0.4 is 5.56 Å². The number of H-pyrrole nitrogens is 1. The van der Waals surface area contributed by atoms with E-state index in [1.54, 1.807) is 18.2 Å². The maximum atomic E-state index is 14.0. The van der Waals surface area contributed by atoms with Crippen LogP contribution in [0.1, 0.15) is 11.1 Å². The highest BCUT2D eigenvalue weighted by atomic mass is 32.1. The van der Waals surface area contributed by atoms with Crippen molar-refractivity contribution in [1.82, 2.24) is 9.55 Å². The summed E-state index contributed by atoms with van der Waals surface area (Å²) in [6, 6.07) is 10.0. The summed E-state index contributed by atoms with van der Waals surface area (Å²) in [6.07, 6.45) is 0. The maximum absolute atomic E-state index is 14.0. The van der Waals surface area contributed by atoms with Crippen molar-refractivity contribution in [3.8, 4) is 5.69 Å². The van der Waals surface area contributed by atoms with Crippen LogP contribution in [-0.4, -0.2) is 9.55 Å². The van der Waals surface area contributed by atoms with Crippen LogP contribution in [0.2, 0.25) is 0 Å². The summed E-state index contributed by atoms with van der Waals surface area (Å²) in [6.45, 7) is 3.95. The SMILES string of the molecule is Cc1ccc(-n2c(=S)[nH]c3cccc(F)c3c2=O)cc1C. The first kappa shape index (κ1) is 13.7. The van der Waals surface area contributed by atoms with Gasteiger partial charge in [-0.2, -0.15) is 0 Å². The molecule has 3 rings (SSSR count). The average molecular weight is 300 g/mol. The summed E-state index contributed by atoms with van der Waals surface area (Å²) in [7, 11) is 0. The number of nitrogens with one attached hydrogen (secondary N) is 1. The van der Waals surface area contributed by atoms with Gasteiger partial charge >= 0.3 is 0 Å². The number of aryl methyl sites for hydroxylation is 2. The van der Waals surface area contributed by atoms with Crippen LogP contribution in [-0.2, 0) is 0 Å². The van der Waals surface area contributed by atoms with Gasteiger partial charge in [0.15, 0.2) is 4.77 Å². The van der Waals surface area contributed by atoms with E-state index >= 15 is 0 Å². The third-order valence-corrected chi connectivity index (χ3v) is 3.91. The minimum Gasteiger partial charge on any atom is -0.331 e. The molecule has 0 atom stereocenters. The number of fused-ring (bicyclic) bond motifs is 1. The van der Waals surface area contributed by atoms with Crippen molar-refractivity contribution >= 4 is 23.1 Å². The standard InChI is InChI=1S/C16H13FN2OS/c1-9-6-7-11(8-10(9)2)19-15(20)14-12(17)4-3-5-13(14)18-16(19)21/h3-8H,1-2H3,(H,18,21). The van der Waals surface area contributed by atoms with Crippen LogP contribution in [0.25, 0.3) is 16.6 Å². The van der Waals surface area contributed by atoms with E-state index in [0.717, 1.165) is 11.1 Å². The van der Waals surface area contributed by atoms with E-state index in [0.29, 0.717) is 11.2 Å². The largest absolute Gasteiger partial charge is 0.331 e. The summed E-state index contributed by atoms with van der Waals surface area (Å²) in [5, 5.41) is 0.0179. The van der Waals surface area contributed by atoms with Crippen molar-refractivity contribution in [3.63, 3.8) is 0 Å². The smallest absolute Gasteiger partial charge is 0.269 e. The maximum Gasteiger partial charge on any atom is 0.269 e. The van der Waals surface area contributed by atoms with Crippen LogP contribution in [0.4, 0.5) is 4.39 Å². The molecule has 3 nitrogen and oxygen atoms in total. The molecule has 0 bridgehead atoms. The fourth-order valence-corrected chi connectivity index (χ4v) is 2.62. The summed E-state index contributed by atoms with van der Waals surface area (Å²) in [4.78, 5) is 15.5. The minimum atomic E-state index is -0.554. The number of hydrogen-bond donors (Lipinski definition) is 1. The number of rotatable bonds is 1. The van der Waals surface area contributed by atoms with Crippen molar-refractivity contribution in [2.75, 3.05) is 0 Å². The molecule has 3 aromatic rings. The molecule has 0 unspecified atom stereocenters. The lowest BCUT2D eigenvalue weighted by Gasteiger charge is -2.10. The van der Waals surface area contributed by atoms with E-state index in [4.69, 9.17) is 12.2 Å². The third-order valence-electron chi connectivity index (χ3n) is 3.62. The van der Waals surface area contributed by atoms with Crippen molar-refractivity contribution in [2.24, 2.45) is 0 Å². The number of benzene rings is 2. The Balaban J connectivity index is 2.43. The first-order valence-corrected chi connectivity index (χ1v) is 6.91. The zero-order chi connectivity index (χ0) is 15.1. The number of aromatic amines is 1. The molecule has 0 aliphatic carbocycles. The lowest BCUT2D eigenvalue weighted by atomic mass is 10.1. The molecular formula is C16H13FN2OS. The highest BCUT2D eigenvalue weighted by Crippen LogP contribution is 2.16. The summed E-state index contributed by atoms with van der Waals surface area (Å²) in [5.41, 5.74) is 2.76. The van der Waals surface area contributed by atoms with E-state index in [1.165, 1.54) is 10.6 Å². The molecule has 5 heteroatoms. The molecule has 1 aromatic heterocycles. The molecule has 0 saturated heterocycles. The number of halogens is 1. The van der Waals surface area contributed by atoms with Gasteiger partial charge in [0.05, 0.1) is 16.6 Å². The summed E-state index contributed by atoms with van der Waals surface area (Å²) >= 11 is 5.25. The number of nitrogens with zero attached hydrogens (tertiary/aromatic N) is 1. The van der Waals surface area contributed by atoms with Gasteiger partial charge in [0.2, 0.25) is 0 Å². The van der Waals surface area contributed by atoms with Crippen LogP contribution >= 0.6 is 12.2 Å². The molecular weight excluding hydrogens is 287 g/mol. The van der Waals surface area contributed by atoms with E-state index < -0.39 is 11.4 Å². The van der Waals surface area contributed by atoms with Crippen LogP contribution in [0.5, 0.6) is 0 Å². The Labute approximate surface area is 125 Å². The minimum absolute atomic E-state index is 0.0179. The second kappa shape index (κ2) is 4.93. The molecule has 0 amide bonds. The monoisotopic (exact) mass is 300 g/mol. The molecule has 21 heavy (non-hydrogen) atoms. The molecule has 1 heterocycles. The topological polar surface area (TPSA) is 37.8 Å². The van der Waals surface area contributed by atoms with Gasteiger partial charge in [-0.1, -0.05) is 12.1 Å². The Morgan fingerprint density at radius 3 is 2.62 bits per heavy atom. The van der Waals surface area contributed by atoms with Crippen molar-refractivity contribution in [1.29, 1.82) is 0 Å². The number of hydrogen-bond acceptors (Lipinski definition) is 2. The van der Waals surface area contributed by atoms with Crippen molar-refractivity contribution < 1.29 is 4.39 Å². The van der Waals surface area contributed by atoms with Crippen molar-refractivity contribution in [3.05, 3.63) is 68.5 Å².